The summed E-state index contributed by atoms with van der Waals surface area (Å²) < 4.78 is 7.35. The van der Waals surface area contributed by atoms with Gasteiger partial charge in [-0.2, -0.15) is 0 Å². The molecule has 1 aliphatic heterocycles. The van der Waals surface area contributed by atoms with E-state index >= 15 is 0 Å². The summed E-state index contributed by atoms with van der Waals surface area (Å²) in [7, 11) is 1.59. The van der Waals surface area contributed by atoms with Crippen molar-refractivity contribution >= 4 is 34.3 Å². The fourth-order valence-corrected chi connectivity index (χ4v) is 6.37. The second-order valence-corrected chi connectivity index (χ2v) is 10.6. The Morgan fingerprint density at radius 2 is 1.74 bits per heavy atom. The summed E-state index contributed by atoms with van der Waals surface area (Å²) in [5.74, 6) is 0.131. The van der Waals surface area contributed by atoms with Gasteiger partial charge < -0.3 is 24.8 Å². The summed E-state index contributed by atoms with van der Waals surface area (Å²) in [6.07, 6.45) is 9.32. The van der Waals surface area contributed by atoms with Crippen molar-refractivity contribution < 1.29 is 19.1 Å². The van der Waals surface area contributed by atoms with Crippen LogP contribution in [0.4, 0.5) is 5.69 Å². The standard InChI is InChI=1S/C27H36N4O4/c1-17(32)28-23-21-15-20(35-3)13-14-22(21)30-16-27(2,26(34)29-18-9-5-4-6-10-18)31(25(33)24(23)30)19-11-7-8-12-19/h13-15,18-19H,4-12,16H2,1-3H3,(H,28,32)(H,29,34). The Morgan fingerprint density at radius 1 is 1.06 bits per heavy atom. The molecule has 3 aliphatic rings. The Morgan fingerprint density at radius 3 is 2.40 bits per heavy atom. The molecule has 1 atom stereocenters. The highest BCUT2D eigenvalue weighted by Crippen LogP contribution is 2.42. The number of carbonyl (C=O) groups is 3. The second-order valence-electron chi connectivity index (χ2n) is 10.6. The number of methoxy groups -OCH3 is 1. The molecule has 2 heterocycles. The number of ether oxygens (including phenoxy) is 1. The van der Waals surface area contributed by atoms with E-state index in [-0.39, 0.29) is 29.8 Å². The second kappa shape index (κ2) is 9.21. The first-order chi connectivity index (χ1) is 16.8. The number of nitrogens with zero attached hydrogens (tertiary/aromatic N) is 2. The number of anilines is 1. The molecule has 188 valence electrons. The van der Waals surface area contributed by atoms with Gasteiger partial charge in [-0.05, 0) is 50.8 Å². The third-order valence-corrected chi connectivity index (χ3v) is 8.11. The van der Waals surface area contributed by atoms with Crippen LogP contribution in [0.5, 0.6) is 5.75 Å². The largest absolute Gasteiger partial charge is 0.497 e. The SMILES string of the molecule is COc1ccc2c(c1)c(NC(C)=O)c1n2CC(C)(C(=O)NC2CCCCC2)N(C2CCCC2)C1=O. The number of hydrogen-bond donors (Lipinski definition) is 2. The first-order valence-corrected chi connectivity index (χ1v) is 13.0. The first-order valence-electron chi connectivity index (χ1n) is 13.0. The number of carbonyl (C=O) groups excluding carboxylic acids is 3. The van der Waals surface area contributed by atoms with E-state index in [1.54, 1.807) is 7.11 Å². The minimum atomic E-state index is -1.02. The third-order valence-electron chi connectivity index (χ3n) is 8.11. The Bertz CT molecular complexity index is 1160. The molecule has 35 heavy (non-hydrogen) atoms. The van der Waals surface area contributed by atoms with Gasteiger partial charge in [-0.3, -0.25) is 14.4 Å². The summed E-state index contributed by atoms with van der Waals surface area (Å²) in [6, 6.07) is 5.77. The Balaban J connectivity index is 1.64. The van der Waals surface area contributed by atoms with E-state index < -0.39 is 5.54 Å². The Hall–Kier alpha value is -3.03. The molecule has 0 saturated heterocycles. The van der Waals surface area contributed by atoms with Gasteiger partial charge in [-0.25, -0.2) is 0 Å². The van der Waals surface area contributed by atoms with Crippen molar-refractivity contribution in [1.29, 1.82) is 0 Å². The molecule has 3 amide bonds. The molecule has 1 aromatic carbocycles. The fourth-order valence-electron chi connectivity index (χ4n) is 6.37. The van der Waals surface area contributed by atoms with Crippen LogP contribution in [-0.2, 0) is 16.1 Å². The molecule has 8 heteroatoms. The number of amides is 3. The predicted molar refractivity (Wildman–Crippen MR) is 135 cm³/mol. The smallest absolute Gasteiger partial charge is 0.273 e. The van der Waals surface area contributed by atoms with E-state index in [4.69, 9.17) is 4.74 Å². The van der Waals surface area contributed by atoms with Gasteiger partial charge >= 0.3 is 0 Å². The molecule has 0 bridgehead atoms. The molecule has 8 nitrogen and oxygen atoms in total. The lowest BCUT2D eigenvalue weighted by atomic mass is 9.89. The minimum Gasteiger partial charge on any atom is -0.497 e. The van der Waals surface area contributed by atoms with Crippen molar-refractivity contribution in [1.82, 2.24) is 14.8 Å². The molecular formula is C27H36N4O4. The monoisotopic (exact) mass is 480 g/mol. The topological polar surface area (TPSA) is 92.7 Å². The first kappa shape index (κ1) is 23.7. The Kier molecular flexibility index (Phi) is 6.23. The third kappa shape index (κ3) is 4.06. The molecule has 0 spiro atoms. The number of fused-ring (bicyclic) bond motifs is 3. The highest BCUT2D eigenvalue weighted by Gasteiger charge is 2.52. The van der Waals surface area contributed by atoms with Gasteiger partial charge in [-0.1, -0.05) is 32.1 Å². The van der Waals surface area contributed by atoms with Gasteiger partial charge in [0.2, 0.25) is 11.8 Å². The molecule has 5 rings (SSSR count). The average molecular weight is 481 g/mol. The van der Waals surface area contributed by atoms with E-state index in [0.717, 1.165) is 62.3 Å². The van der Waals surface area contributed by atoms with Crippen LogP contribution in [0.25, 0.3) is 10.9 Å². The molecule has 2 saturated carbocycles. The molecule has 1 unspecified atom stereocenters. The summed E-state index contributed by atoms with van der Waals surface area (Å²) in [6.45, 7) is 3.70. The van der Waals surface area contributed by atoms with Gasteiger partial charge in [-0.15, -0.1) is 0 Å². The maximum Gasteiger partial charge on any atom is 0.273 e. The van der Waals surface area contributed by atoms with Crippen LogP contribution in [-0.4, -0.2) is 51.9 Å². The lowest BCUT2D eigenvalue weighted by Gasteiger charge is -2.48. The lowest BCUT2D eigenvalue weighted by molar-refractivity contribution is -0.135. The highest BCUT2D eigenvalue weighted by molar-refractivity contribution is 6.14. The van der Waals surface area contributed by atoms with Crippen molar-refractivity contribution in [3.8, 4) is 5.75 Å². The summed E-state index contributed by atoms with van der Waals surface area (Å²) in [4.78, 5) is 42.2. The van der Waals surface area contributed by atoms with Crippen LogP contribution >= 0.6 is 0 Å². The molecule has 2 fully saturated rings. The zero-order chi connectivity index (χ0) is 24.7. The summed E-state index contributed by atoms with van der Waals surface area (Å²) in [5, 5.41) is 6.95. The molecule has 2 N–H and O–H groups in total. The maximum atomic E-state index is 14.3. The van der Waals surface area contributed by atoms with Crippen LogP contribution in [0, 0.1) is 0 Å². The van der Waals surface area contributed by atoms with Gasteiger partial charge in [0.05, 0.1) is 24.9 Å². The molecular weight excluding hydrogens is 444 g/mol. The zero-order valence-corrected chi connectivity index (χ0v) is 21.0. The van der Waals surface area contributed by atoms with Gasteiger partial charge in [0.1, 0.15) is 17.0 Å². The predicted octanol–water partition coefficient (Wildman–Crippen LogP) is 4.21. The van der Waals surface area contributed by atoms with Crippen LogP contribution < -0.4 is 15.4 Å². The van der Waals surface area contributed by atoms with E-state index in [0.29, 0.717) is 23.7 Å². The van der Waals surface area contributed by atoms with Crippen molar-refractivity contribution in [2.24, 2.45) is 0 Å². The highest BCUT2D eigenvalue weighted by atomic mass is 16.5. The van der Waals surface area contributed by atoms with Gasteiger partial charge in [0, 0.05) is 24.4 Å². The molecule has 2 aromatic rings. The molecule has 1 aromatic heterocycles. The number of rotatable bonds is 5. The van der Waals surface area contributed by atoms with Crippen molar-refractivity contribution in [2.75, 3.05) is 12.4 Å². The summed E-state index contributed by atoms with van der Waals surface area (Å²) in [5.41, 5.74) is 0.726. The summed E-state index contributed by atoms with van der Waals surface area (Å²) >= 11 is 0. The lowest BCUT2D eigenvalue weighted by Crippen LogP contribution is -2.67. The van der Waals surface area contributed by atoms with Gasteiger partial charge in [0.25, 0.3) is 5.91 Å². The molecule has 2 aliphatic carbocycles. The minimum absolute atomic E-state index is 0.0103. The van der Waals surface area contributed by atoms with Crippen molar-refractivity contribution in [3.05, 3.63) is 23.9 Å². The maximum absolute atomic E-state index is 14.3. The van der Waals surface area contributed by atoms with E-state index in [2.05, 4.69) is 10.6 Å². The van der Waals surface area contributed by atoms with E-state index in [1.165, 1.54) is 13.3 Å². The quantitative estimate of drug-likeness (QED) is 0.670. The number of aromatic nitrogens is 1. The number of benzene rings is 1. The van der Waals surface area contributed by atoms with E-state index in [1.807, 2.05) is 34.6 Å². The van der Waals surface area contributed by atoms with Crippen LogP contribution in [0.2, 0.25) is 0 Å². The van der Waals surface area contributed by atoms with Gasteiger partial charge in [0.15, 0.2) is 0 Å². The zero-order valence-electron chi connectivity index (χ0n) is 21.0. The van der Waals surface area contributed by atoms with Crippen LogP contribution in [0.1, 0.15) is 82.1 Å². The number of hydrogen-bond acceptors (Lipinski definition) is 4. The fraction of sp³-hybridized carbons (Fsp3) is 0.593. The van der Waals surface area contributed by atoms with Crippen LogP contribution in [0.15, 0.2) is 18.2 Å². The number of nitrogens with one attached hydrogen (secondary N) is 2. The Labute approximate surface area is 206 Å². The molecule has 0 radical (unpaired) electrons. The van der Waals surface area contributed by atoms with Crippen LogP contribution in [0.3, 0.4) is 0 Å². The average Bonchev–Trinajstić information content (AvgIpc) is 3.46. The van der Waals surface area contributed by atoms with Crippen molar-refractivity contribution in [3.63, 3.8) is 0 Å². The van der Waals surface area contributed by atoms with E-state index in [9.17, 15) is 14.4 Å². The van der Waals surface area contributed by atoms with Crippen molar-refractivity contribution in [2.45, 2.75) is 95.8 Å². The normalized spacial score (nSPS) is 23.4.